The summed E-state index contributed by atoms with van der Waals surface area (Å²) in [7, 11) is 3.27. The number of halogens is 1. The molecule has 2 amide bonds. The maximum atomic E-state index is 11.9. The minimum absolute atomic E-state index is 0.101. The monoisotopic (exact) mass is 293 g/mol. The summed E-state index contributed by atoms with van der Waals surface area (Å²) in [5.41, 5.74) is 0.846. The molecule has 0 spiro atoms. The number of carbonyl (C=O) groups excluding carboxylic acids is 2. The highest BCUT2D eigenvalue weighted by Gasteiger charge is 2.13. The van der Waals surface area contributed by atoms with Gasteiger partial charge in [-0.3, -0.25) is 14.9 Å². The molecular weight excluding hydrogens is 278 g/mol. The number of nitrogens with zero attached hydrogens (tertiary/aromatic N) is 1. The minimum Gasteiger partial charge on any atom is -0.345 e. The van der Waals surface area contributed by atoms with E-state index in [4.69, 9.17) is 18.0 Å². The highest BCUT2D eigenvalue weighted by molar-refractivity contribution is 6.34. The Morgan fingerprint density at radius 1 is 1.40 bits per heavy atom. The predicted octanol–water partition coefficient (Wildman–Crippen LogP) is 1.20. The summed E-state index contributed by atoms with van der Waals surface area (Å²) in [5.74, 6) is 1.90. The van der Waals surface area contributed by atoms with Crippen LogP contribution in [0.5, 0.6) is 0 Å². The second-order valence-electron chi connectivity index (χ2n) is 4.25. The molecule has 0 aliphatic heterocycles. The third kappa shape index (κ3) is 4.57. The number of terminal acetylenes is 1. The molecule has 1 rings (SSSR count). The third-order valence-electron chi connectivity index (χ3n) is 2.40. The lowest BCUT2D eigenvalue weighted by atomic mass is 10.1. The van der Waals surface area contributed by atoms with Gasteiger partial charge in [-0.1, -0.05) is 17.5 Å². The van der Waals surface area contributed by atoms with Crippen molar-refractivity contribution in [2.24, 2.45) is 0 Å². The van der Waals surface area contributed by atoms with E-state index in [0.717, 1.165) is 0 Å². The van der Waals surface area contributed by atoms with Crippen molar-refractivity contribution in [2.45, 2.75) is 0 Å². The molecule has 1 aromatic carbocycles. The van der Waals surface area contributed by atoms with Crippen LogP contribution >= 0.6 is 11.6 Å². The zero-order valence-electron chi connectivity index (χ0n) is 11.4. The molecule has 0 saturated carbocycles. The van der Waals surface area contributed by atoms with Gasteiger partial charge in [0, 0.05) is 19.8 Å². The SMILES string of the molecule is C#CCNCC(=O)Nc1ccc(Cl)c(C(=O)N(C)C)c1. The first-order valence-electron chi connectivity index (χ1n) is 5.91. The zero-order valence-corrected chi connectivity index (χ0v) is 12.1. The average molecular weight is 294 g/mol. The summed E-state index contributed by atoms with van der Waals surface area (Å²) in [6, 6.07) is 4.75. The molecule has 0 atom stereocenters. The number of anilines is 1. The van der Waals surface area contributed by atoms with Crippen molar-refractivity contribution in [3.05, 3.63) is 28.8 Å². The summed E-state index contributed by atoms with van der Waals surface area (Å²) in [5, 5.41) is 5.78. The van der Waals surface area contributed by atoms with Crippen LogP contribution < -0.4 is 10.6 Å². The topological polar surface area (TPSA) is 61.4 Å². The second kappa shape index (κ2) is 7.53. The van der Waals surface area contributed by atoms with Crippen molar-refractivity contribution in [1.29, 1.82) is 0 Å². The molecule has 5 nitrogen and oxygen atoms in total. The fourth-order valence-electron chi connectivity index (χ4n) is 1.46. The molecular formula is C14H16ClN3O2. The van der Waals surface area contributed by atoms with E-state index in [-0.39, 0.29) is 18.4 Å². The second-order valence-corrected chi connectivity index (χ2v) is 4.66. The number of benzene rings is 1. The van der Waals surface area contributed by atoms with Gasteiger partial charge in [0.15, 0.2) is 0 Å². The molecule has 0 unspecified atom stereocenters. The standard InChI is InChI=1S/C14H16ClN3O2/c1-4-7-16-9-13(19)17-10-5-6-12(15)11(8-10)14(20)18(2)3/h1,5-6,8,16H,7,9H2,2-3H3,(H,17,19). The first kappa shape index (κ1) is 16.0. The van der Waals surface area contributed by atoms with Gasteiger partial charge in [0.1, 0.15) is 0 Å². The molecule has 0 aliphatic rings. The van der Waals surface area contributed by atoms with Crippen molar-refractivity contribution in [3.8, 4) is 12.3 Å². The van der Waals surface area contributed by atoms with Crippen LogP contribution in [0.25, 0.3) is 0 Å². The van der Waals surface area contributed by atoms with E-state index in [1.807, 2.05) is 0 Å². The van der Waals surface area contributed by atoms with Crippen LogP contribution in [-0.4, -0.2) is 43.9 Å². The third-order valence-corrected chi connectivity index (χ3v) is 2.73. The maximum absolute atomic E-state index is 11.9. The van der Waals surface area contributed by atoms with Gasteiger partial charge in [0.25, 0.3) is 5.91 Å². The molecule has 2 N–H and O–H groups in total. The van der Waals surface area contributed by atoms with Crippen LogP contribution in [0.2, 0.25) is 5.02 Å². The summed E-state index contributed by atoms with van der Waals surface area (Å²) < 4.78 is 0. The molecule has 1 aromatic rings. The van der Waals surface area contributed by atoms with Crippen molar-refractivity contribution in [1.82, 2.24) is 10.2 Å². The summed E-state index contributed by atoms with van der Waals surface area (Å²) in [6.45, 7) is 0.419. The normalized spacial score (nSPS) is 9.70. The van der Waals surface area contributed by atoms with E-state index in [1.54, 1.807) is 32.3 Å². The Morgan fingerprint density at radius 2 is 2.10 bits per heavy atom. The smallest absolute Gasteiger partial charge is 0.254 e. The van der Waals surface area contributed by atoms with Crippen LogP contribution in [0.15, 0.2) is 18.2 Å². The van der Waals surface area contributed by atoms with Crippen LogP contribution in [0.4, 0.5) is 5.69 Å². The predicted molar refractivity (Wildman–Crippen MR) is 79.8 cm³/mol. The van der Waals surface area contributed by atoms with Crippen molar-refractivity contribution < 1.29 is 9.59 Å². The van der Waals surface area contributed by atoms with Crippen LogP contribution in [-0.2, 0) is 4.79 Å². The summed E-state index contributed by atoms with van der Waals surface area (Å²) >= 11 is 5.98. The lowest BCUT2D eigenvalue weighted by molar-refractivity contribution is -0.115. The number of rotatable bonds is 5. The van der Waals surface area contributed by atoms with Gasteiger partial charge in [0.2, 0.25) is 5.91 Å². The zero-order chi connectivity index (χ0) is 15.1. The first-order valence-corrected chi connectivity index (χ1v) is 6.28. The van der Waals surface area contributed by atoms with E-state index in [9.17, 15) is 9.59 Å². The summed E-state index contributed by atoms with van der Waals surface area (Å²) in [4.78, 5) is 24.9. The lowest BCUT2D eigenvalue weighted by Gasteiger charge is -2.13. The van der Waals surface area contributed by atoms with Gasteiger partial charge in [-0.25, -0.2) is 0 Å². The molecule has 0 aromatic heterocycles. The van der Waals surface area contributed by atoms with Gasteiger partial charge in [0.05, 0.1) is 23.7 Å². The number of nitrogens with one attached hydrogen (secondary N) is 2. The first-order chi connectivity index (χ1) is 9.45. The maximum Gasteiger partial charge on any atom is 0.254 e. The van der Waals surface area contributed by atoms with Gasteiger partial charge >= 0.3 is 0 Å². The minimum atomic E-state index is -0.245. The van der Waals surface area contributed by atoms with Crippen LogP contribution in [0.1, 0.15) is 10.4 Å². The number of amides is 2. The van der Waals surface area contributed by atoms with E-state index < -0.39 is 0 Å². The molecule has 20 heavy (non-hydrogen) atoms. The number of hydrogen-bond acceptors (Lipinski definition) is 3. The fraction of sp³-hybridized carbons (Fsp3) is 0.286. The van der Waals surface area contributed by atoms with E-state index in [0.29, 0.717) is 22.8 Å². The van der Waals surface area contributed by atoms with E-state index >= 15 is 0 Å². The van der Waals surface area contributed by atoms with E-state index in [1.165, 1.54) is 4.90 Å². The van der Waals surface area contributed by atoms with Crippen molar-refractivity contribution >= 4 is 29.1 Å². The van der Waals surface area contributed by atoms with Gasteiger partial charge < -0.3 is 10.2 Å². The Morgan fingerprint density at radius 3 is 2.70 bits per heavy atom. The average Bonchev–Trinajstić information content (AvgIpc) is 2.40. The Labute approximate surface area is 123 Å². The van der Waals surface area contributed by atoms with E-state index in [2.05, 4.69) is 16.6 Å². The molecule has 0 aliphatic carbocycles. The van der Waals surface area contributed by atoms with Crippen LogP contribution in [0.3, 0.4) is 0 Å². The highest BCUT2D eigenvalue weighted by Crippen LogP contribution is 2.21. The fourth-order valence-corrected chi connectivity index (χ4v) is 1.66. The molecule has 0 saturated heterocycles. The molecule has 0 heterocycles. The van der Waals surface area contributed by atoms with Gasteiger partial charge in [-0.2, -0.15) is 0 Å². The molecule has 6 heteroatoms. The van der Waals surface area contributed by atoms with Crippen LogP contribution in [0, 0.1) is 12.3 Å². The Bertz CT molecular complexity index is 550. The Balaban J connectivity index is 2.78. The molecule has 106 valence electrons. The summed E-state index contributed by atoms with van der Waals surface area (Å²) in [6.07, 6.45) is 5.06. The molecule has 0 bridgehead atoms. The van der Waals surface area contributed by atoms with Crippen molar-refractivity contribution in [2.75, 3.05) is 32.5 Å². The van der Waals surface area contributed by atoms with Crippen molar-refractivity contribution in [3.63, 3.8) is 0 Å². The lowest BCUT2D eigenvalue weighted by Crippen LogP contribution is -2.28. The molecule has 0 fully saturated rings. The number of carbonyl (C=O) groups is 2. The van der Waals surface area contributed by atoms with Gasteiger partial charge in [-0.05, 0) is 18.2 Å². The number of hydrogen-bond donors (Lipinski definition) is 2. The largest absolute Gasteiger partial charge is 0.345 e. The van der Waals surface area contributed by atoms with Gasteiger partial charge in [-0.15, -0.1) is 6.42 Å². The molecule has 0 radical (unpaired) electrons. The highest BCUT2D eigenvalue weighted by atomic mass is 35.5. The quantitative estimate of drug-likeness (QED) is 0.633. The Kier molecular flexibility index (Phi) is 6.04. The Hall–Kier alpha value is -2.03.